The number of hydrogen-bond donors (Lipinski definition) is 3. The van der Waals surface area contributed by atoms with Crippen molar-refractivity contribution in [2.75, 3.05) is 19.7 Å². The fourth-order valence-electron chi connectivity index (χ4n) is 2.93. The Labute approximate surface area is 139 Å². The third-order valence-electron chi connectivity index (χ3n) is 4.22. The molecule has 2 aliphatic rings. The Kier molecular flexibility index (Phi) is 7.84. The average Bonchev–Trinajstić information content (AvgIpc) is 3.25. The highest BCUT2D eigenvalue weighted by atomic mass is 16.2. The summed E-state index contributed by atoms with van der Waals surface area (Å²) < 4.78 is 0. The van der Waals surface area contributed by atoms with Gasteiger partial charge in [0.05, 0.1) is 12.6 Å². The Bertz CT molecular complexity index is 473. The molecule has 23 heavy (non-hydrogen) atoms. The maximum absolute atomic E-state index is 12.0. The number of aliphatic hydroxyl groups is 1. The van der Waals surface area contributed by atoms with E-state index in [1.165, 1.54) is 11.1 Å². The Morgan fingerprint density at radius 3 is 2.26 bits per heavy atom. The average molecular weight is 316 g/mol. The molecular formula is C19H28N2O2. The molecule has 0 aromatic rings. The molecule has 2 rings (SSSR count). The van der Waals surface area contributed by atoms with Gasteiger partial charge in [0.1, 0.15) is 0 Å². The largest absolute Gasteiger partial charge is 0.396 e. The predicted octanol–water partition coefficient (Wildman–Crippen LogP) is 2.39. The van der Waals surface area contributed by atoms with Gasteiger partial charge in [-0.15, -0.1) is 0 Å². The smallest absolute Gasteiger partial charge is 0.233 e. The number of aliphatic hydroxyl groups excluding tert-OH is 1. The van der Waals surface area contributed by atoms with E-state index in [4.69, 9.17) is 5.11 Å². The SMILES string of the molecule is O=C(CNC(C1=CC=CC1)C1=CC=CC1)NCCCCCCO. The van der Waals surface area contributed by atoms with E-state index >= 15 is 0 Å². The normalized spacial score (nSPS) is 16.1. The van der Waals surface area contributed by atoms with Crippen LogP contribution in [0, 0.1) is 0 Å². The first-order valence-corrected chi connectivity index (χ1v) is 8.63. The topological polar surface area (TPSA) is 61.4 Å². The van der Waals surface area contributed by atoms with Gasteiger partial charge in [0, 0.05) is 13.2 Å². The lowest BCUT2D eigenvalue weighted by atomic mass is 9.97. The zero-order valence-corrected chi connectivity index (χ0v) is 13.8. The lowest BCUT2D eigenvalue weighted by Gasteiger charge is -2.21. The quantitative estimate of drug-likeness (QED) is 0.513. The van der Waals surface area contributed by atoms with E-state index in [-0.39, 0.29) is 18.6 Å². The van der Waals surface area contributed by atoms with E-state index in [2.05, 4.69) is 47.1 Å². The summed E-state index contributed by atoms with van der Waals surface area (Å²) in [4.78, 5) is 12.0. The highest BCUT2D eigenvalue weighted by Crippen LogP contribution is 2.25. The summed E-state index contributed by atoms with van der Waals surface area (Å²) in [6, 6.07) is 0.162. The third-order valence-corrected chi connectivity index (χ3v) is 4.22. The molecule has 0 spiro atoms. The second kappa shape index (κ2) is 10.2. The molecule has 0 radical (unpaired) electrons. The van der Waals surface area contributed by atoms with Crippen LogP contribution in [0.3, 0.4) is 0 Å². The lowest BCUT2D eigenvalue weighted by molar-refractivity contribution is -0.120. The molecule has 4 heteroatoms. The van der Waals surface area contributed by atoms with E-state index < -0.39 is 0 Å². The summed E-state index contributed by atoms with van der Waals surface area (Å²) in [7, 11) is 0. The highest BCUT2D eigenvalue weighted by molar-refractivity contribution is 5.78. The molecule has 2 aliphatic carbocycles. The molecule has 0 atom stereocenters. The molecule has 0 aliphatic heterocycles. The molecule has 0 saturated heterocycles. The van der Waals surface area contributed by atoms with Crippen LogP contribution < -0.4 is 10.6 Å². The number of carbonyl (C=O) groups excluding carboxylic acids is 1. The van der Waals surface area contributed by atoms with Crippen LogP contribution in [-0.2, 0) is 4.79 Å². The Morgan fingerprint density at radius 2 is 1.70 bits per heavy atom. The van der Waals surface area contributed by atoms with Crippen LogP contribution >= 0.6 is 0 Å². The molecular weight excluding hydrogens is 288 g/mol. The number of rotatable bonds is 11. The maximum Gasteiger partial charge on any atom is 0.233 e. The van der Waals surface area contributed by atoms with Crippen LogP contribution in [0.1, 0.15) is 38.5 Å². The molecule has 126 valence electrons. The number of unbranched alkanes of at least 4 members (excludes halogenated alkanes) is 3. The summed E-state index contributed by atoms with van der Waals surface area (Å²) >= 11 is 0. The molecule has 0 bridgehead atoms. The van der Waals surface area contributed by atoms with Crippen molar-refractivity contribution in [3.8, 4) is 0 Å². The van der Waals surface area contributed by atoms with Gasteiger partial charge in [-0.05, 0) is 36.8 Å². The van der Waals surface area contributed by atoms with Gasteiger partial charge in [-0.1, -0.05) is 49.3 Å². The van der Waals surface area contributed by atoms with Gasteiger partial charge >= 0.3 is 0 Å². The molecule has 0 heterocycles. The number of hydrogen-bond acceptors (Lipinski definition) is 3. The predicted molar refractivity (Wildman–Crippen MR) is 94.0 cm³/mol. The number of allylic oxidation sites excluding steroid dienone is 6. The minimum atomic E-state index is 0.0512. The van der Waals surface area contributed by atoms with Gasteiger partial charge in [0.25, 0.3) is 0 Å². The van der Waals surface area contributed by atoms with Crippen LogP contribution in [0.2, 0.25) is 0 Å². The molecule has 0 aromatic carbocycles. The first-order valence-electron chi connectivity index (χ1n) is 8.63. The first-order chi connectivity index (χ1) is 11.3. The minimum Gasteiger partial charge on any atom is -0.396 e. The van der Waals surface area contributed by atoms with Gasteiger partial charge in [-0.2, -0.15) is 0 Å². The maximum atomic E-state index is 12.0. The summed E-state index contributed by atoms with van der Waals surface area (Å²) in [5, 5.41) is 15.1. The van der Waals surface area contributed by atoms with Crippen LogP contribution in [0.15, 0.2) is 47.6 Å². The number of carbonyl (C=O) groups is 1. The summed E-state index contributed by atoms with van der Waals surface area (Å²) in [6.45, 7) is 1.31. The molecule has 3 N–H and O–H groups in total. The van der Waals surface area contributed by atoms with E-state index in [0.29, 0.717) is 13.1 Å². The summed E-state index contributed by atoms with van der Waals surface area (Å²) in [6.07, 6.45) is 18.6. The van der Waals surface area contributed by atoms with E-state index in [9.17, 15) is 4.79 Å². The zero-order chi connectivity index (χ0) is 16.3. The first kappa shape index (κ1) is 17.7. The summed E-state index contributed by atoms with van der Waals surface area (Å²) in [5.41, 5.74) is 2.66. The lowest BCUT2D eigenvalue weighted by Crippen LogP contribution is -2.41. The fourth-order valence-corrected chi connectivity index (χ4v) is 2.93. The second-order valence-electron chi connectivity index (χ2n) is 6.05. The van der Waals surface area contributed by atoms with Gasteiger partial charge < -0.3 is 10.4 Å². The number of nitrogens with one attached hydrogen (secondary N) is 2. The Morgan fingerprint density at radius 1 is 1.04 bits per heavy atom. The second-order valence-corrected chi connectivity index (χ2v) is 6.05. The van der Waals surface area contributed by atoms with E-state index in [0.717, 1.165) is 38.5 Å². The van der Waals surface area contributed by atoms with Crippen LogP contribution in [0.25, 0.3) is 0 Å². The zero-order valence-electron chi connectivity index (χ0n) is 13.8. The van der Waals surface area contributed by atoms with Crippen molar-refractivity contribution in [2.45, 2.75) is 44.6 Å². The monoisotopic (exact) mass is 316 g/mol. The molecule has 4 nitrogen and oxygen atoms in total. The molecule has 0 saturated carbocycles. The fraction of sp³-hybridized carbons (Fsp3) is 0.526. The number of amides is 1. The van der Waals surface area contributed by atoms with Gasteiger partial charge in [-0.3, -0.25) is 10.1 Å². The van der Waals surface area contributed by atoms with Crippen molar-refractivity contribution in [2.24, 2.45) is 0 Å². The van der Waals surface area contributed by atoms with Crippen molar-refractivity contribution in [1.82, 2.24) is 10.6 Å². The van der Waals surface area contributed by atoms with E-state index in [1.807, 2.05) is 0 Å². The summed E-state index contributed by atoms with van der Waals surface area (Å²) in [5.74, 6) is 0.0512. The molecule has 0 unspecified atom stereocenters. The van der Waals surface area contributed by atoms with Crippen molar-refractivity contribution in [3.63, 3.8) is 0 Å². The molecule has 0 fully saturated rings. The highest BCUT2D eigenvalue weighted by Gasteiger charge is 2.20. The Balaban J connectivity index is 1.68. The third kappa shape index (κ3) is 6.16. The van der Waals surface area contributed by atoms with Crippen LogP contribution in [0.4, 0.5) is 0 Å². The Hall–Kier alpha value is -1.65. The van der Waals surface area contributed by atoms with Crippen LogP contribution in [0.5, 0.6) is 0 Å². The minimum absolute atomic E-state index is 0.0512. The van der Waals surface area contributed by atoms with Crippen molar-refractivity contribution in [3.05, 3.63) is 47.6 Å². The standard InChI is InChI=1S/C19H28N2O2/c22-14-8-2-1-7-13-20-18(23)15-21-19(16-9-3-4-10-16)17-11-5-6-12-17/h3-6,9,11,19,21-22H,1-2,7-8,10,12-15H2,(H,20,23). The molecule has 0 aromatic heterocycles. The van der Waals surface area contributed by atoms with Gasteiger partial charge in [0.2, 0.25) is 5.91 Å². The van der Waals surface area contributed by atoms with Crippen LogP contribution in [-0.4, -0.2) is 36.8 Å². The van der Waals surface area contributed by atoms with E-state index in [1.54, 1.807) is 0 Å². The van der Waals surface area contributed by atoms with Gasteiger partial charge in [-0.25, -0.2) is 0 Å². The van der Waals surface area contributed by atoms with Gasteiger partial charge in [0.15, 0.2) is 0 Å². The molecule has 1 amide bonds. The van der Waals surface area contributed by atoms with Crippen molar-refractivity contribution >= 4 is 5.91 Å². The van der Waals surface area contributed by atoms with Crippen molar-refractivity contribution in [1.29, 1.82) is 0 Å². The van der Waals surface area contributed by atoms with Crippen molar-refractivity contribution < 1.29 is 9.90 Å².